The maximum Gasteiger partial charge on any atom is 0.241 e. The minimum Gasteiger partial charge on any atom is -0.354 e. The summed E-state index contributed by atoms with van der Waals surface area (Å²) < 4.78 is 1.91. The first-order valence-electron chi connectivity index (χ1n) is 6.96. The Morgan fingerprint density at radius 1 is 1.39 bits per heavy atom. The zero-order valence-electron chi connectivity index (χ0n) is 11.8. The molecule has 1 fully saturated rings. The zero-order chi connectivity index (χ0) is 13.3. The molecule has 3 rings (SSSR count). The number of carbonyl (C=O) groups is 1. The number of nitrogens with zero attached hydrogens (tertiary/aromatic N) is 2. The molecule has 2 aliphatic rings. The molecular formula is C14H23N3O. The van der Waals surface area contributed by atoms with E-state index in [9.17, 15) is 4.79 Å². The summed E-state index contributed by atoms with van der Waals surface area (Å²) in [5, 5.41) is 7.53. The van der Waals surface area contributed by atoms with Crippen molar-refractivity contribution in [2.75, 3.05) is 6.54 Å². The first-order chi connectivity index (χ1) is 8.61. The Morgan fingerprint density at radius 2 is 2.06 bits per heavy atom. The summed E-state index contributed by atoms with van der Waals surface area (Å²) in [6.07, 6.45) is 2.35. The maximum absolute atomic E-state index is 11.6. The van der Waals surface area contributed by atoms with Crippen LogP contribution < -0.4 is 5.32 Å². The van der Waals surface area contributed by atoms with Crippen molar-refractivity contribution in [2.24, 2.45) is 0 Å². The molecule has 1 N–H and O–H groups in total. The number of nitrogens with one attached hydrogen (secondary N) is 1. The van der Waals surface area contributed by atoms with Crippen molar-refractivity contribution in [3.8, 4) is 0 Å². The van der Waals surface area contributed by atoms with Crippen molar-refractivity contribution in [3.05, 3.63) is 17.5 Å². The van der Waals surface area contributed by atoms with E-state index in [-0.39, 0.29) is 11.3 Å². The summed E-state index contributed by atoms with van der Waals surface area (Å²) >= 11 is 0. The number of fused-ring (bicyclic) bond motifs is 2. The van der Waals surface area contributed by atoms with Crippen LogP contribution in [-0.2, 0) is 16.8 Å². The fraction of sp³-hybridized carbons (Fsp3) is 0.714. The second-order valence-electron chi connectivity index (χ2n) is 5.32. The van der Waals surface area contributed by atoms with Crippen LogP contribution in [0.5, 0.6) is 0 Å². The number of carbonyl (C=O) groups excluding carboxylic acids is 1. The van der Waals surface area contributed by atoms with E-state index in [0.717, 1.165) is 12.2 Å². The third kappa shape index (κ3) is 2.16. The normalized spacial score (nSPS) is 19.7. The minimum atomic E-state index is 0.0865. The quantitative estimate of drug-likeness (QED) is 0.829. The lowest BCUT2D eigenvalue weighted by Gasteiger charge is -2.11. The van der Waals surface area contributed by atoms with Gasteiger partial charge in [0.1, 0.15) is 6.54 Å². The first-order valence-corrected chi connectivity index (χ1v) is 6.96. The van der Waals surface area contributed by atoms with Crippen LogP contribution in [0.3, 0.4) is 0 Å². The summed E-state index contributed by atoms with van der Waals surface area (Å²) in [4.78, 5) is 11.6. The van der Waals surface area contributed by atoms with Gasteiger partial charge in [0.15, 0.2) is 0 Å². The molecule has 1 aliphatic heterocycles. The molecule has 1 aromatic rings. The van der Waals surface area contributed by atoms with Crippen LogP contribution in [0, 0.1) is 0 Å². The van der Waals surface area contributed by atoms with Gasteiger partial charge in [0.25, 0.3) is 0 Å². The van der Waals surface area contributed by atoms with E-state index in [2.05, 4.69) is 30.3 Å². The Hall–Kier alpha value is -1.32. The van der Waals surface area contributed by atoms with Crippen LogP contribution in [0.2, 0.25) is 0 Å². The van der Waals surface area contributed by atoms with Crippen molar-refractivity contribution < 1.29 is 4.79 Å². The highest BCUT2D eigenvalue weighted by Crippen LogP contribution is 2.48. The van der Waals surface area contributed by atoms with E-state index in [1.165, 1.54) is 18.5 Å². The Labute approximate surface area is 109 Å². The van der Waals surface area contributed by atoms with E-state index < -0.39 is 0 Å². The Balaban J connectivity index is 0.000000574. The predicted octanol–water partition coefficient (Wildman–Crippen LogP) is 2.19. The fourth-order valence-corrected chi connectivity index (χ4v) is 2.40. The Bertz CT molecular complexity index is 444. The smallest absolute Gasteiger partial charge is 0.241 e. The van der Waals surface area contributed by atoms with Crippen molar-refractivity contribution in [1.82, 2.24) is 15.1 Å². The molecule has 0 unspecified atom stereocenters. The predicted molar refractivity (Wildman–Crippen MR) is 71.6 cm³/mol. The summed E-state index contributed by atoms with van der Waals surface area (Å²) in [5.74, 6) is 0.515. The van der Waals surface area contributed by atoms with Crippen molar-refractivity contribution in [3.63, 3.8) is 0 Å². The Kier molecular flexibility index (Phi) is 3.46. The van der Waals surface area contributed by atoms with Gasteiger partial charge in [0, 0.05) is 17.7 Å². The molecule has 0 aromatic carbocycles. The molecule has 4 heteroatoms. The maximum atomic E-state index is 11.6. The molecule has 4 nitrogen and oxygen atoms in total. The first kappa shape index (κ1) is 13.1. The van der Waals surface area contributed by atoms with Crippen molar-refractivity contribution in [2.45, 2.75) is 58.4 Å². The van der Waals surface area contributed by atoms with E-state index >= 15 is 0 Å². The van der Waals surface area contributed by atoms with E-state index in [4.69, 9.17) is 0 Å². The molecule has 0 radical (unpaired) electrons. The second kappa shape index (κ2) is 4.75. The van der Waals surface area contributed by atoms with Gasteiger partial charge in [-0.05, 0) is 24.8 Å². The summed E-state index contributed by atoms with van der Waals surface area (Å²) in [6, 6.07) is 2.19. The van der Waals surface area contributed by atoms with Crippen LogP contribution >= 0.6 is 0 Å². The van der Waals surface area contributed by atoms with Crippen molar-refractivity contribution >= 4 is 5.91 Å². The molecule has 1 saturated carbocycles. The van der Waals surface area contributed by atoms with E-state index in [1.54, 1.807) is 0 Å². The van der Waals surface area contributed by atoms with Gasteiger partial charge in [-0.15, -0.1) is 0 Å². The van der Waals surface area contributed by atoms with Gasteiger partial charge in [-0.25, -0.2) is 0 Å². The fourth-order valence-electron chi connectivity index (χ4n) is 2.40. The van der Waals surface area contributed by atoms with Crippen LogP contribution in [0.15, 0.2) is 6.07 Å². The number of aromatic nitrogens is 2. The van der Waals surface area contributed by atoms with Gasteiger partial charge in [0.2, 0.25) is 5.91 Å². The van der Waals surface area contributed by atoms with Gasteiger partial charge < -0.3 is 5.32 Å². The highest BCUT2D eigenvalue weighted by atomic mass is 16.2. The molecule has 100 valence electrons. The lowest BCUT2D eigenvalue weighted by atomic mass is 10.0. The number of hydrogen-bond donors (Lipinski definition) is 1. The largest absolute Gasteiger partial charge is 0.354 e. The number of hydrogen-bond acceptors (Lipinski definition) is 2. The molecule has 2 heterocycles. The molecule has 1 aliphatic carbocycles. The monoisotopic (exact) mass is 249 g/mol. The zero-order valence-corrected chi connectivity index (χ0v) is 11.8. The van der Waals surface area contributed by atoms with Gasteiger partial charge in [0.05, 0.1) is 5.69 Å². The third-order valence-electron chi connectivity index (χ3n) is 3.70. The minimum absolute atomic E-state index is 0.0865. The molecular weight excluding hydrogens is 226 g/mol. The highest BCUT2D eigenvalue weighted by molar-refractivity contribution is 5.76. The van der Waals surface area contributed by atoms with Crippen LogP contribution in [0.1, 0.15) is 57.8 Å². The number of amides is 1. The Morgan fingerprint density at radius 3 is 2.61 bits per heavy atom. The summed E-state index contributed by atoms with van der Waals surface area (Å²) in [7, 11) is 0. The van der Waals surface area contributed by atoms with Crippen molar-refractivity contribution in [1.29, 1.82) is 0 Å². The summed E-state index contributed by atoms with van der Waals surface area (Å²) in [6.45, 7) is 9.45. The van der Waals surface area contributed by atoms with Gasteiger partial charge in [-0.1, -0.05) is 27.7 Å². The molecule has 0 atom stereocenters. The topological polar surface area (TPSA) is 46.9 Å². The van der Waals surface area contributed by atoms with Crippen LogP contribution in [0.4, 0.5) is 0 Å². The standard InChI is InChI=1S/C12H17N3O.C2H6/c1-8(2)9-5-10-12(3-4-12)7-13-11(16)6-15(10)14-9;1-2/h5,8H,3-4,6-7H2,1-2H3,(H,13,16);1-2H3. The molecule has 18 heavy (non-hydrogen) atoms. The van der Waals surface area contributed by atoms with E-state index in [0.29, 0.717) is 12.5 Å². The summed E-state index contributed by atoms with van der Waals surface area (Å²) in [5.41, 5.74) is 2.57. The van der Waals surface area contributed by atoms with Gasteiger partial charge >= 0.3 is 0 Å². The average molecular weight is 249 g/mol. The molecule has 0 saturated heterocycles. The van der Waals surface area contributed by atoms with Gasteiger partial charge in [-0.2, -0.15) is 5.10 Å². The average Bonchev–Trinajstić information content (AvgIpc) is 3.05. The third-order valence-corrected chi connectivity index (χ3v) is 3.70. The van der Waals surface area contributed by atoms with Crippen LogP contribution in [-0.4, -0.2) is 22.2 Å². The van der Waals surface area contributed by atoms with E-state index in [1.807, 2.05) is 18.5 Å². The highest BCUT2D eigenvalue weighted by Gasteiger charge is 2.48. The molecule has 1 amide bonds. The molecule has 1 spiro atoms. The molecule has 1 aromatic heterocycles. The lowest BCUT2D eigenvalue weighted by Crippen LogP contribution is -2.29. The van der Waals surface area contributed by atoms with Gasteiger partial charge in [-0.3, -0.25) is 9.48 Å². The SMILES string of the molecule is CC.CC(C)c1cc2n(n1)CC(=O)NCC21CC1. The molecule has 0 bridgehead atoms. The van der Waals surface area contributed by atoms with Crippen LogP contribution in [0.25, 0.3) is 0 Å². The second-order valence-corrected chi connectivity index (χ2v) is 5.32. The lowest BCUT2D eigenvalue weighted by molar-refractivity contribution is -0.121. The number of rotatable bonds is 1.